The van der Waals surface area contributed by atoms with Gasteiger partial charge in [0.1, 0.15) is 35.7 Å². The van der Waals surface area contributed by atoms with E-state index < -0.39 is 30.4 Å². The standard InChI is InChI=1S/C29H28N2O10/c1-14(2)19-10-17-18(39-19)6-5-15(29(17)38-13-26(34)41-31-24(32)7-8-25(31)33)28-27-16-9-21(35-3)22(36-4)11-20(16)37-12-23(27)40-30-28/h5-9,11,19,23,27,32-33H,1,10,12-13H2,2-4H3/t19-,23?,27?/m1/s1. The van der Waals surface area contributed by atoms with Gasteiger partial charge in [0.05, 0.1) is 20.1 Å². The van der Waals surface area contributed by atoms with Crippen LogP contribution in [0.3, 0.4) is 0 Å². The Labute approximate surface area is 234 Å². The maximum absolute atomic E-state index is 12.7. The molecule has 2 aromatic carbocycles. The van der Waals surface area contributed by atoms with Crippen LogP contribution in [0.25, 0.3) is 0 Å². The largest absolute Gasteiger partial charge is 0.493 e. The van der Waals surface area contributed by atoms with E-state index in [-0.39, 0.29) is 18.6 Å². The van der Waals surface area contributed by atoms with Gasteiger partial charge in [-0.15, -0.1) is 4.73 Å². The first-order valence-corrected chi connectivity index (χ1v) is 12.8. The van der Waals surface area contributed by atoms with E-state index in [0.29, 0.717) is 51.2 Å². The van der Waals surface area contributed by atoms with Crippen molar-refractivity contribution in [3.8, 4) is 40.5 Å². The summed E-state index contributed by atoms with van der Waals surface area (Å²) in [6.07, 6.45) is -0.200. The monoisotopic (exact) mass is 564 g/mol. The number of hydrogen-bond donors (Lipinski definition) is 2. The number of methoxy groups -OCH3 is 2. The second-order valence-corrected chi connectivity index (χ2v) is 9.83. The van der Waals surface area contributed by atoms with Crippen LogP contribution >= 0.6 is 0 Å². The fourth-order valence-electron chi connectivity index (χ4n) is 5.21. The van der Waals surface area contributed by atoms with Crippen molar-refractivity contribution < 1.29 is 48.4 Å². The van der Waals surface area contributed by atoms with Gasteiger partial charge in [-0.3, -0.25) is 0 Å². The van der Waals surface area contributed by atoms with Gasteiger partial charge in [-0.2, -0.15) is 0 Å². The van der Waals surface area contributed by atoms with E-state index in [1.165, 1.54) is 12.1 Å². The minimum Gasteiger partial charge on any atom is -0.493 e. The Morgan fingerprint density at radius 2 is 1.83 bits per heavy atom. The molecule has 0 spiro atoms. The summed E-state index contributed by atoms with van der Waals surface area (Å²) in [5.74, 6) is 0.578. The summed E-state index contributed by atoms with van der Waals surface area (Å²) in [5.41, 5.74) is 3.56. The number of carbonyl (C=O) groups is 1. The average molecular weight is 565 g/mol. The van der Waals surface area contributed by atoms with Gasteiger partial charge in [0.15, 0.2) is 24.2 Å². The molecule has 0 fully saturated rings. The molecule has 3 aliphatic rings. The van der Waals surface area contributed by atoms with Crippen LogP contribution in [0.2, 0.25) is 0 Å². The molecule has 41 heavy (non-hydrogen) atoms. The minimum atomic E-state index is -0.860. The zero-order valence-electron chi connectivity index (χ0n) is 22.6. The Hall–Kier alpha value is -5.00. The van der Waals surface area contributed by atoms with Crippen LogP contribution in [0.1, 0.15) is 29.5 Å². The summed E-state index contributed by atoms with van der Waals surface area (Å²) < 4.78 is 29.7. The summed E-state index contributed by atoms with van der Waals surface area (Å²) in [7, 11) is 3.11. The fourth-order valence-corrected chi connectivity index (χ4v) is 5.21. The van der Waals surface area contributed by atoms with E-state index in [1.54, 1.807) is 20.3 Å². The van der Waals surface area contributed by atoms with E-state index in [2.05, 4.69) is 11.7 Å². The van der Waals surface area contributed by atoms with Gasteiger partial charge in [0.2, 0.25) is 11.8 Å². The molecule has 2 unspecified atom stereocenters. The molecular formula is C29H28N2O10. The van der Waals surface area contributed by atoms with E-state index >= 15 is 0 Å². The van der Waals surface area contributed by atoms with Crippen LogP contribution in [0.15, 0.2) is 53.7 Å². The lowest BCUT2D eigenvalue weighted by molar-refractivity contribution is -0.147. The first kappa shape index (κ1) is 26.2. The van der Waals surface area contributed by atoms with Crippen LogP contribution < -0.4 is 28.5 Å². The first-order chi connectivity index (χ1) is 19.8. The quantitative estimate of drug-likeness (QED) is 0.392. The Balaban J connectivity index is 1.37. The predicted octanol–water partition coefficient (Wildman–Crippen LogP) is 3.11. The lowest BCUT2D eigenvalue weighted by atomic mass is 9.83. The number of nitrogens with zero attached hydrogens (tertiary/aromatic N) is 2. The van der Waals surface area contributed by atoms with Gasteiger partial charge in [-0.1, -0.05) is 11.7 Å². The number of ether oxygens (including phenoxy) is 5. The maximum atomic E-state index is 12.7. The molecular weight excluding hydrogens is 536 g/mol. The van der Waals surface area contributed by atoms with Crippen molar-refractivity contribution >= 4 is 11.7 Å². The van der Waals surface area contributed by atoms with Crippen LogP contribution in [0.4, 0.5) is 0 Å². The summed E-state index contributed by atoms with van der Waals surface area (Å²) in [6, 6.07) is 9.63. The number of aromatic hydroxyl groups is 2. The molecule has 3 aromatic rings. The lowest BCUT2D eigenvalue weighted by Crippen LogP contribution is -2.33. The second-order valence-electron chi connectivity index (χ2n) is 9.83. The molecule has 0 saturated heterocycles. The smallest absolute Gasteiger partial charge is 0.370 e. The van der Waals surface area contributed by atoms with Gasteiger partial charge < -0.3 is 43.6 Å². The summed E-state index contributed by atoms with van der Waals surface area (Å²) in [4.78, 5) is 23.6. The van der Waals surface area contributed by atoms with Gasteiger partial charge in [-0.25, -0.2) is 4.79 Å². The van der Waals surface area contributed by atoms with Gasteiger partial charge >= 0.3 is 5.97 Å². The number of oxime groups is 1. The number of rotatable bonds is 8. The molecule has 214 valence electrons. The Morgan fingerprint density at radius 1 is 1.10 bits per heavy atom. The van der Waals surface area contributed by atoms with Crippen LogP contribution in [-0.2, 0) is 16.1 Å². The van der Waals surface area contributed by atoms with Crippen LogP contribution in [0, 0.1) is 0 Å². The van der Waals surface area contributed by atoms with Crippen LogP contribution in [0.5, 0.6) is 40.5 Å². The zero-order chi connectivity index (χ0) is 28.8. The highest BCUT2D eigenvalue weighted by atomic mass is 16.7. The van der Waals surface area contributed by atoms with E-state index in [4.69, 9.17) is 33.4 Å². The highest BCUT2D eigenvalue weighted by Gasteiger charge is 2.44. The third kappa shape index (κ3) is 4.50. The molecule has 0 saturated carbocycles. The molecule has 0 aliphatic carbocycles. The fraction of sp³-hybridized carbons (Fsp3) is 0.310. The van der Waals surface area contributed by atoms with E-state index in [0.717, 1.165) is 16.7 Å². The summed E-state index contributed by atoms with van der Waals surface area (Å²) in [6.45, 7) is 5.63. The van der Waals surface area contributed by atoms with Crippen molar-refractivity contribution in [3.63, 3.8) is 0 Å². The molecule has 0 amide bonds. The Bertz CT molecular complexity index is 1560. The number of benzene rings is 2. The third-order valence-corrected chi connectivity index (χ3v) is 7.23. The maximum Gasteiger partial charge on any atom is 0.370 e. The zero-order valence-corrected chi connectivity index (χ0v) is 22.6. The third-order valence-electron chi connectivity index (χ3n) is 7.23. The minimum absolute atomic E-state index is 0.262. The molecule has 0 radical (unpaired) electrons. The number of aromatic nitrogens is 1. The van der Waals surface area contributed by atoms with Gasteiger partial charge in [-0.05, 0) is 30.7 Å². The van der Waals surface area contributed by atoms with Crippen molar-refractivity contribution in [3.05, 3.63) is 65.2 Å². The van der Waals surface area contributed by atoms with Gasteiger partial charge in [0.25, 0.3) is 0 Å². The van der Waals surface area contributed by atoms with Crippen LogP contribution in [-0.4, -0.2) is 66.3 Å². The molecule has 4 heterocycles. The summed E-state index contributed by atoms with van der Waals surface area (Å²) in [5, 5.41) is 24.1. The molecule has 6 rings (SSSR count). The van der Waals surface area contributed by atoms with E-state index in [9.17, 15) is 15.0 Å². The SMILES string of the molecule is C=C(C)[C@H]1Cc2c(ccc(C3=NOC4COc5cc(OC)c(OC)cc5C34)c2OCC(=O)On2c(O)ccc2O)O1. The molecule has 12 nitrogen and oxygen atoms in total. The Morgan fingerprint density at radius 3 is 2.54 bits per heavy atom. The van der Waals surface area contributed by atoms with Crippen molar-refractivity contribution in [2.45, 2.75) is 31.5 Å². The molecule has 1 aromatic heterocycles. The van der Waals surface area contributed by atoms with Crippen molar-refractivity contribution in [1.29, 1.82) is 0 Å². The number of hydrogen-bond acceptors (Lipinski definition) is 11. The molecule has 12 heteroatoms. The van der Waals surface area contributed by atoms with Gasteiger partial charge in [0, 0.05) is 41.3 Å². The second kappa shape index (κ2) is 10.2. The summed E-state index contributed by atoms with van der Waals surface area (Å²) >= 11 is 0. The number of carbonyl (C=O) groups excluding carboxylic acids is 1. The highest BCUT2D eigenvalue weighted by Crippen LogP contribution is 2.48. The lowest BCUT2D eigenvalue weighted by Gasteiger charge is -2.28. The van der Waals surface area contributed by atoms with Crippen molar-refractivity contribution in [2.24, 2.45) is 5.16 Å². The first-order valence-electron chi connectivity index (χ1n) is 12.8. The number of fused-ring (bicyclic) bond motifs is 4. The molecule has 3 aliphatic heterocycles. The van der Waals surface area contributed by atoms with Crippen molar-refractivity contribution in [2.75, 3.05) is 27.4 Å². The average Bonchev–Trinajstić information content (AvgIpc) is 3.68. The molecule has 3 atom stereocenters. The topological polar surface area (TPSA) is 139 Å². The Kier molecular flexibility index (Phi) is 6.52. The normalized spacial score (nSPS) is 19.9. The predicted molar refractivity (Wildman–Crippen MR) is 143 cm³/mol. The molecule has 2 N–H and O–H groups in total. The van der Waals surface area contributed by atoms with E-state index in [1.807, 2.05) is 25.1 Å². The van der Waals surface area contributed by atoms with Crippen molar-refractivity contribution in [1.82, 2.24) is 4.73 Å². The molecule has 0 bridgehead atoms. The highest BCUT2D eigenvalue weighted by molar-refractivity contribution is 6.09.